The molecule has 0 aromatic heterocycles. The van der Waals surface area contributed by atoms with E-state index in [0.29, 0.717) is 0 Å². The predicted octanol–water partition coefficient (Wildman–Crippen LogP) is 1.33. The molecule has 0 saturated carbocycles. The molecule has 0 amide bonds. The van der Waals surface area contributed by atoms with Gasteiger partial charge in [-0.3, -0.25) is 0 Å². The molecule has 2 N–H and O–H groups in total. The Labute approximate surface area is 97.0 Å². The van der Waals surface area contributed by atoms with Gasteiger partial charge in [0.25, 0.3) is 0 Å². The summed E-state index contributed by atoms with van der Waals surface area (Å²) in [6, 6.07) is 8.26. The van der Waals surface area contributed by atoms with E-state index in [4.69, 9.17) is 10.5 Å². The highest BCUT2D eigenvalue weighted by Gasteiger charge is 2.18. The van der Waals surface area contributed by atoms with Crippen LogP contribution in [0.25, 0.3) is 0 Å². The predicted molar refractivity (Wildman–Crippen MR) is 64.7 cm³/mol. The van der Waals surface area contributed by atoms with E-state index < -0.39 is 0 Å². The quantitative estimate of drug-likeness (QED) is 0.760. The number of nitrogens with two attached hydrogens (primary N) is 1. The Bertz CT molecular complexity index is 327. The van der Waals surface area contributed by atoms with Crippen LogP contribution in [0.5, 0.6) is 5.75 Å². The van der Waals surface area contributed by atoms with Crippen molar-refractivity contribution in [3.05, 3.63) is 29.8 Å². The van der Waals surface area contributed by atoms with Crippen LogP contribution in [0.1, 0.15) is 18.4 Å². The van der Waals surface area contributed by atoms with Gasteiger partial charge >= 0.3 is 0 Å². The van der Waals surface area contributed by atoms with E-state index in [1.54, 1.807) is 0 Å². The molecule has 1 aromatic carbocycles. The normalized spacial score (nSPS) is 18.9. The third-order valence-corrected chi connectivity index (χ3v) is 2.85. The maximum absolute atomic E-state index is 5.89. The molecular formula is C13H19N2O. The molecule has 1 unspecified atom stereocenters. The topological polar surface area (TPSA) is 49.4 Å². The molecule has 3 nitrogen and oxygen atoms in total. The van der Waals surface area contributed by atoms with E-state index in [0.717, 1.165) is 44.6 Å². The van der Waals surface area contributed by atoms with Gasteiger partial charge in [0.2, 0.25) is 0 Å². The first-order valence-electron chi connectivity index (χ1n) is 5.98. The highest BCUT2D eigenvalue weighted by Crippen LogP contribution is 2.26. The Kier molecular flexibility index (Phi) is 4.19. The number of fused-ring (bicyclic) bond motifs is 1. The lowest BCUT2D eigenvalue weighted by Crippen LogP contribution is -2.31. The second-order valence-corrected chi connectivity index (χ2v) is 4.16. The van der Waals surface area contributed by atoms with Crippen LogP contribution in [0.2, 0.25) is 0 Å². The number of rotatable bonds is 5. The first-order valence-corrected chi connectivity index (χ1v) is 5.98. The molecule has 3 heteroatoms. The second-order valence-electron chi connectivity index (χ2n) is 4.16. The molecule has 0 aliphatic carbocycles. The van der Waals surface area contributed by atoms with Crippen molar-refractivity contribution >= 4 is 0 Å². The van der Waals surface area contributed by atoms with Gasteiger partial charge in [0.15, 0.2) is 0 Å². The lowest BCUT2D eigenvalue weighted by atomic mass is 10.0. The zero-order valence-corrected chi connectivity index (χ0v) is 9.56. The zero-order chi connectivity index (χ0) is 11.2. The van der Waals surface area contributed by atoms with E-state index in [-0.39, 0.29) is 6.10 Å². The molecule has 1 radical (unpaired) electrons. The minimum absolute atomic E-state index is 0.257. The SMILES string of the molecule is NCCC[N]CC1CCc2ccccc2O1. The second kappa shape index (κ2) is 5.87. The molecule has 1 heterocycles. The first kappa shape index (κ1) is 11.4. The van der Waals surface area contributed by atoms with Gasteiger partial charge in [0.1, 0.15) is 11.9 Å². The molecule has 0 bridgehead atoms. The van der Waals surface area contributed by atoms with Crippen molar-refractivity contribution in [1.29, 1.82) is 0 Å². The number of hydrogen-bond donors (Lipinski definition) is 1. The molecule has 2 rings (SSSR count). The van der Waals surface area contributed by atoms with Crippen molar-refractivity contribution < 1.29 is 4.74 Å². The zero-order valence-electron chi connectivity index (χ0n) is 9.56. The number of hydrogen-bond acceptors (Lipinski definition) is 2. The van der Waals surface area contributed by atoms with Gasteiger partial charge < -0.3 is 10.5 Å². The molecular weight excluding hydrogens is 200 g/mol. The third kappa shape index (κ3) is 2.97. The van der Waals surface area contributed by atoms with E-state index >= 15 is 0 Å². The average molecular weight is 219 g/mol. The fourth-order valence-electron chi connectivity index (χ4n) is 1.95. The van der Waals surface area contributed by atoms with Crippen LogP contribution in [0, 0.1) is 0 Å². The lowest BCUT2D eigenvalue weighted by Gasteiger charge is -2.25. The highest BCUT2D eigenvalue weighted by molar-refractivity contribution is 5.35. The number of para-hydroxylation sites is 1. The van der Waals surface area contributed by atoms with Crippen LogP contribution in [0.3, 0.4) is 0 Å². The first-order chi connectivity index (χ1) is 7.90. The molecule has 1 atom stereocenters. The van der Waals surface area contributed by atoms with Gasteiger partial charge in [-0.25, -0.2) is 5.32 Å². The number of benzene rings is 1. The minimum Gasteiger partial charge on any atom is -0.489 e. The van der Waals surface area contributed by atoms with Crippen LogP contribution in [0.15, 0.2) is 24.3 Å². The van der Waals surface area contributed by atoms with Gasteiger partial charge in [-0.05, 0) is 37.4 Å². The summed E-state index contributed by atoms with van der Waals surface area (Å²) >= 11 is 0. The Morgan fingerprint density at radius 2 is 2.25 bits per heavy atom. The van der Waals surface area contributed by atoms with Crippen LogP contribution in [-0.2, 0) is 6.42 Å². The van der Waals surface area contributed by atoms with E-state index in [1.807, 2.05) is 12.1 Å². The molecule has 87 valence electrons. The molecule has 0 spiro atoms. The van der Waals surface area contributed by atoms with Gasteiger partial charge in [0.05, 0.1) is 6.54 Å². The van der Waals surface area contributed by atoms with Crippen LogP contribution < -0.4 is 15.8 Å². The highest BCUT2D eigenvalue weighted by atomic mass is 16.5. The van der Waals surface area contributed by atoms with Crippen LogP contribution in [0.4, 0.5) is 0 Å². The minimum atomic E-state index is 0.257. The fourth-order valence-corrected chi connectivity index (χ4v) is 1.95. The molecule has 0 saturated heterocycles. The summed E-state index contributed by atoms with van der Waals surface area (Å²) < 4.78 is 5.89. The smallest absolute Gasteiger partial charge is 0.122 e. The van der Waals surface area contributed by atoms with Gasteiger partial charge in [-0.1, -0.05) is 18.2 Å². The lowest BCUT2D eigenvalue weighted by molar-refractivity contribution is 0.169. The van der Waals surface area contributed by atoms with Crippen molar-refractivity contribution in [1.82, 2.24) is 5.32 Å². The standard InChI is InChI=1S/C13H19N2O/c14-8-3-9-15-10-12-7-6-11-4-1-2-5-13(11)16-12/h1-2,4-5,12H,3,6-10,14H2. The summed E-state index contributed by atoms with van der Waals surface area (Å²) in [5.74, 6) is 1.03. The summed E-state index contributed by atoms with van der Waals surface area (Å²) in [4.78, 5) is 0. The van der Waals surface area contributed by atoms with Crippen molar-refractivity contribution in [3.8, 4) is 5.75 Å². The van der Waals surface area contributed by atoms with E-state index in [1.165, 1.54) is 5.56 Å². The molecule has 0 fully saturated rings. The largest absolute Gasteiger partial charge is 0.489 e. The average Bonchev–Trinajstić information content (AvgIpc) is 2.34. The Morgan fingerprint density at radius 3 is 3.12 bits per heavy atom. The van der Waals surface area contributed by atoms with Crippen molar-refractivity contribution in [2.75, 3.05) is 19.6 Å². The molecule has 16 heavy (non-hydrogen) atoms. The van der Waals surface area contributed by atoms with Crippen LogP contribution in [-0.4, -0.2) is 25.7 Å². The summed E-state index contributed by atoms with van der Waals surface area (Å²) in [7, 11) is 0. The Hall–Kier alpha value is -1.06. The maximum Gasteiger partial charge on any atom is 0.122 e. The van der Waals surface area contributed by atoms with Gasteiger partial charge in [-0.2, -0.15) is 0 Å². The van der Waals surface area contributed by atoms with E-state index in [9.17, 15) is 0 Å². The van der Waals surface area contributed by atoms with Crippen molar-refractivity contribution in [3.63, 3.8) is 0 Å². The van der Waals surface area contributed by atoms with Gasteiger partial charge in [-0.15, -0.1) is 0 Å². The van der Waals surface area contributed by atoms with E-state index in [2.05, 4.69) is 17.4 Å². The number of aryl methyl sites for hydroxylation is 1. The molecule has 1 aromatic rings. The third-order valence-electron chi connectivity index (χ3n) is 2.85. The Morgan fingerprint density at radius 1 is 1.38 bits per heavy atom. The molecule has 1 aliphatic heterocycles. The van der Waals surface area contributed by atoms with Crippen LogP contribution >= 0.6 is 0 Å². The Balaban J connectivity index is 1.79. The number of nitrogens with zero attached hydrogens (tertiary/aromatic N) is 1. The van der Waals surface area contributed by atoms with Gasteiger partial charge in [0, 0.05) is 6.54 Å². The fraction of sp³-hybridized carbons (Fsp3) is 0.538. The molecule has 1 aliphatic rings. The summed E-state index contributed by atoms with van der Waals surface area (Å²) in [5, 5.41) is 4.45. The summed E-state index contributed by atoms with van der Waals surface area (Å²) in [6.07, 6.45) is 3.41. The monoisotopic (exact) mass is 219 g/mol. The summed E-state index contributed by atoms with van der Waals surface area (Å²) in [5.41, 5.74) is 6.74. The summed E-state index contributed by atoms with van der Waals surface area (Å²) in [6.45, 7) is 2.38. The number of ether oxygens (including phenoxy) is 1. The van der Waals surface area contributed by atoms with Crippen molar-refractivity contribution in [2.24, 2.45) is 5.73 Å². The van der Waals surface area contributed by atoms with Crippen molar-refractivity contribution in [2.45, 2.75) is 25.4 Å². The maximum atomic E-state index is 5.89.